The van der Waals surface area contributed by atoms with Gasteiger partial charge in [0, 0.05) is 12.2 Å². The summed E-state index contributed by atoms with van der Waals surface area (Å²) in [6, 6.07) is 17.0. The Balaban J connectivity index is 1.91. The molecular formula is C24H31N3O3. The van der Waals surface area contributed by atoms with Crippen LogP contribution in [0.3, 0.4) is 0 Å². The standard InChI is InChI=1S/C24H31N3O3/c1-4-15-27(24(30)21(5-2)19-9-7-6-8-10-19)17-23(29)25-16-22(28)26-20-13-11-18(3)12-14-20/h6-14,21H,4-5,15-17H2,1-3H3,(H,25,29)(H,26,28)/t21-/m1/s1. The molecule has 0 saturated carbocycles. The normalized spacial score (nSPS) is 11.4. The highest BCUT2D eigenvalue weighted by molar-refractivity contribution is 5.95. The Kier molecular flexibility index (Phi) is 9.06. The number of carbonyl (C=O) groups excluding carboxylic acids is 3. The van der Waals surface area contributed by atoms with Crippen molar-refractivity contribution in [3.05, 3.63) is 65.7 Å². The van der Waals surface area contributed by atoms with E-state index in [0.717, 1.165) is 17.5 Å². The third kappa shape index (κ3) is 7.03. The molecule has 0 aromatic heterocycles. The number of aryl methyl sites for hydroxylation is 1. The molecule has 2 N–H and O–H groups in total. The van der Waals surface area contributed by atoms with E-state index < -0.39 is 0 Å². The van der Waals surface area contributed by atoms with Gasteiger partial charge in [0.25, 0.3) is 0 Å². The van der Waals surface area contributed by atoms with E-state index >= 15 is 0 Å². The Hall–Kier alpha value is -3.15. The SMILES string of the molecule is CCCN(CC(=O)NCC(=O)Nc1ccc(C)cc1)C(=O)[C@H](CC)c1ccccc1. The quantitative estimate of drug-likeness (QED) is 0.631. The number of benzene rings is 2. The van der Waals surface area contributed by atoms with Gasteiger partial charge < -0.3 is 15.5 Å². The van der Waals surface area contributed by atoms with E-state index in [0.29, 0.717) is 18.7 Å². The maximum Gasteiger partial charge on any atom is 0.243 e. The van der Waals surface area contributed by atoms with Gasteiger partial charge in [0.1, 0.15) is 0 Å². The lowest BCUT2D eigenvalue weighted by molar-refractivity contribution is -0.137. The van der Waals surface area contributed by atoms with Gasteiger partial charge >= 0.3 is 0 Å². The molecular weight excluding hydrogens is 378 g/mol. The zero-order chi connectivity index (χ0) is 21.9. The van der Waals surface area contributed by atoms with E-state index in [2.05, 4.69) is 10.6 Å². The van der Waals surface area contributed by atoms with Gasteiger partial charge in [0.2, 0.25) is 17.7 Å². The molecule has 30 heavy (non-hydrogen) atoms. The van der Waals surface area contributed by atoms with E-state index in [1.807, 2.05) is 75.4 Å². The number of nitrogens with zero attached hydrogens (tertiary/aromatic N) is 1. The summed E-state index contributed by atoms with van der Waals surface area (Å²) < 4.78 is 0. The van der Waals surface area contributed by atoms with Gasteiger partial charge in [-0.2, -0.15) is 0 Å². The van der Waals surface area contributed by atoms with E-state index in [9.17, 15) is 14.4 Å². The van der Waals surface area contributed by atoms with E-state index in [1.54, 1.807) is 4.90 Å². The second-order valence-corrected chi connectivity index (χ2v) is 7.32. The molecule has 0 saturated heterocycles. The summed E-state index contributed by atoms with van der Waals surface area (Å²) in [7, 11) is 0. The van der Waals surface area contributed by atoms with E-state index in [4.69, 9.17) is 0 Å². The first kappa shape index (κ1) is 23.1. The van der Waals surface area contributed by atoms with Crippen LogP contribution < -0.4 is 10.6 Å². The smallest absolute Gasteiger partial charge is 0.243 e. The number of amides is 3. The van der Waals surface area contributed by atoms with Crippen LogP contribution in [0.4, 0.5) is 5.69 Å². The van der Waals surface area contributed by atoms with Crippen molar-refractivity contribution < 1.29 is 14.4 Å². The molecule has 0 aliphatic carbocycles. The Bertz CT molecular complexity index is 835. The third-order valence-electron chi connectivity index (χ3n) is 4.83. The second kappa shape index (κ2) is 11.8. The van der Waals surface area contributed by atoms with Gasteiger partial charge in [-0.25, -0.2) is 0 Å². The van der Waals surface area contributed by atoms with Crippen LogP contribution in [0, 0.1) is 6.92 Å². The fraction of sp³-hybridized carbons (Fsp3) is 0.375. The third-order valence-corrected chi connectivity index (χ3v) is 4.83. The minimum atomic E-state index is -0.348. The first-order chi connectivity index (χ1) is 14.4. The molecule has 2 rings (SSSR count). The number of rotatable bonds is 10. The van der Waals surface area contributed by atoms with Crippen molar-refractivity contribution >= 4 is 23.4 Å². The molecule has 0 bridgehead atoms. The summed E-state index contributed by atoms with van der Waals surface area (Å²) in [6.07, 6.45) is 1.40. The number of nitrogens with one attached hydrogen (secondary N) is 2. The molecule has 6 heteroatoms. The van der Waals surface area contributed by atoms with Crippen molar-refractivity contribution in [1.29, 1.82) is 0 Å². The maximum absolute atomic E-state index is 13.1. The predicted molar refractivity (Wildman–Crippen MR) is 119 cm³/mol. The first-order valence-electron chi connectivity index (χ1n) is 10.4. The Labute approximate surface area is 178 Å². The van der Waals surface area contributed by atoms with Crippen LogP contribution in [0.1, 0.15) is 43.7 Å². The van der Waals surface area contributed by atoms with Crippen LogP contribution in [0.5, 0.6) is 0 Å². The molecule has 0 fully saturated rings. The lowest BCUT2D eigenvalue weighted by Crippen LogP contribution is -2.44. The van der Waals surface area contributed by atoms with Gasteiger partial charge in [-0.3, -0.25) is 14.4 Å². The van der Waals surface area contributed by atoms with Crippen LogP contribution in [0.2, 0.25) is 0 Å². The average Bonchev–Trinajstić information content (AvgIpc) is 2.75. The van der Waals surface area contributed by atoms with Gasteiger partial charge in [-0.05, 0) is 37.5 Å². The van der Waals surface area contributed by atoms with Gasteiger partial charge in [0.05, 0.1) is 19.0 Å². The molecule has 0 radical (unpaired) electrons. The Morgan fingerprint density at radius 2 is 1.60 bits per heavy atom. The topological polar surface area (TPSA) is 78.5 Å². The molecule has 0 aliphatic heterocycles. The number of carbonyl (C=O) groups is 3. The van der Waals surface area contributed by atoms with Gasteiger partial charge in [-0.1, -0.05) is 61.9 Å². The van der Waals surface area contributed by atoms with E-state index in [-0.39, 0.29) is 36.7 Å². The largest absolute Gasteiger partial charge is 0.345 e. The van der Waals surface area contributed by atoms with Crippen molar-refractivity contribution in [2.75, 3.05) is 25.0 Å². The predicted octanol–water partition coefficient (Wildman–Crippen LogP) is 3.48. The van der Waals surface area contributed by atoms with Crippen LogP contribution >= 0.6 is 0 Å². The van der Waals surface area contributed by atoms with Crippen molar-refractivity contribution in [1.82, 2.24) is 10.2 Å². The first-order valence-corrected chi connectivity index (χ1v) is 10.4. The Morgan fingerprint density at radius 3 is 2.20 bits per heavy atom. The molecule has 160 valence electrons. The Morgan fingerprint density at radius 1 is 0.933 bits per heavy atom. The lowest BCUT2D eigenvalue weighted by Gasteiger charge is -2.26. The summed E-state index contributed by atoms with van der Waals surface area (Å²) in [5, 5.41) is 5.35. The van der Waals surface area contributed by atoms with E-state index in [1.165, 1.54) is 0 Å². The minimum Gasteiger partial charge on any atom is -0.345 e. The van der Waals surface area contributed by atoms with Crippen molar-refractivity contribution in [2.45, 2.75) is 39.5 Å². The molecule has 6 nitrogen and oxygen atoms in total. The van der Waals surface area contributed by atoms with Crippen molar-refractivity contribution in [2.24, 2.45) is 0 Å². The average molecular weight is 410 g/mol. The number of hydrogen-bond acceptors (Lipinski definition) is 3. The molecule has 0 heterocycles. The lowest BCUT2D eigenvalue weighted by atomic mass is 9.95. The molecule has 0 unspecified atom stereocenters. The van der Waals surface area contributed by atoms with Gasteiger partial charge in [-0.15, -0.1) is 0 Å². The molecule has 2 aromatic rings. The molecule has 3 amide bonds. The molecule has 0 spiro atoms. The summed E-state index contributed by atoms with van der Waals surface area (Å²) in [5.74, 6) is -1.00. The number of anilines is 1. The second-order valence-electron chi connectivity index (χ2n) is 7.32. The van der Waals surface area contributed by atoms with Crippen LogP contribution in [-0.2, 0) is 14.4 Å². The van der Waals surface area contributed by atoms with Crippen LogP contribution in [-0.4, -0.2) is 42.3 Å². The van der Waals surface area contributed by atoms with Crippen molar-refractivity contribution in [3.63, 3.8) is 0 Å². The summed E-state index contributed by atoms with van der Waals surface area (Å²) in [6.45, 7) is 6.19. The summed E-state index contributed by atoms with van der Waals surface area (Å²) in [4.78, 5) is 39.1. The maximum atomic E-state index is 13.1. The number of hydrogen-bond donors (Lipinski definition) is 2. The summed E-state index contributed by atoms with van der Waals surface area (Å²) >= 11 is 0. The molecule has 0 aliphatic rings. The molecule has 2 aromatic carbocycles. The minimum absolute atomic E-state index is 0.0617. The van der Waals surface area contributed by atoms with Crippen LogP contribution in [0.25, 0.3) is 0 Å². The fourth-order valence-corrected chi connectivity index (χ4v) is 3.25. The monoisotopic (exact) mass is 409 g/mol. The highest BCUT2D eigenvalue weighted by Gasteiger charge is 2.25. The highest BCUT2D eigenvalue weighted by Crippen LogP contribution is 2.22. The van der Waals surface area contributed by atoms with Gasteiger partial charge in [0.15, 0.2) is 0 Å². The summed E-state index contributed by atoms with van der Waals surface area (Å²) in [5.41, 5.74) is 2.73. The fourth-order valence-electron chi connectivity index (χ4n) is 3.25. The zero-order valence-corrected chi connectivity index (χ0v) is 18.0. The van der Waals surface area contributed by atoms with Crippen molar-refractivity contribution in [3.8, 4) is 0 Å². The van der Waals surface area contributed by atoms with Crippen LogP contribution in [0.15, 0.2) is 54.6 Å². The highest BCUT2D eigenvalue weighted by atomic mass is 16.2. The molecule has 1 atom stereocenters. The zero-order valence-electron chi connectivity index (χ0n) is 18.0.